The van der Waals surface area contributed by atoms with Crippen LogP contribution in [0, 0.1) is 10.1 Å². The standard InChI is InChI=1S/C16H19F3N2O3S2/c1-3-25-8-15(22,9-26-4-2)14-6-10-5-13(21(23)24)11(16(17,18)19)7-12(10)20-14/h5-7,20,22H,3-4,8-9H2,1-2H3. The molecule has 0 aliphatic rings. The lowest BCUT2D eigenvalue weighted by atomic mass is 10.0. The van der Waals surface area contributed by atoms with Gasteiger partial charge >= 0.3 is 6.18 Å². The quantitative estimate of drug-likeness (QED) is 0.485. The largest absolute Gasteiger partial charge is 0.423 e. The summed E-state index contributed by atoms with van der Waals surface area (Å²) in [5.41, 5.74) is -3.08. The van der Waals surface area contributed by atoms with E-state index < -0.39 is 28.0 Å². The zero-order valence-corrected chi connectivity index (χ0v) is 15.9. The number of alkyl halides is 3. The summed E-state index contributed by atoms with van der Waals surface area (Å²) in [5.74, 6) is 2.31. The lowest BCUT2D eigenvalue weighted by molar-refractivity contribution is -0.387. The van der Waals surface area contributed by atoms with Crippen LogP contribution < -0.4 is 0 Å². The van der Waals surface area contributed by atoms with Crippen LogP contribution in [0.2, 0.25) is 0 Å². The predicted octanol–water partition coefficient (Wildman–Crippen LogP) is 4.79. The van der Waals surface area contributed by atoms with E-state index >= 15 is 0 Å². The van der Waals surface area contributed by atoms with Crippen molar-refractivity contribution in [3.05, 3.63) is 39.6 Å². The number of aromatic amines is 1. The minimum absolute atomic E-state index is 0.111. The third kappa shape index (κ3) is 4.47. The number of halogens is 3. The molecular weight excluding hydrogens is 389 g/mol. The van der Waals surface area contributed by atoms with Crippen molar-refractivity contribution in [3.63, 3.8) is 0 Å². The summed E-state index contributed by atoms with van der Waals surface area (Å²) < 4.78 is 39.4. The molecule has 144 valence electrons. The van der Waals surface area contributed by atoms with Crippen LogP contribution in [0.3, 0.4) is 0 Å². The van der Waals surface area contributed by atoms with Crippen molar-refractivity contribution in [2.24, 2.45) is 0 Å². The molecule has 0 radical (unpaired) electrons. The Morgan fingerprint density at radius 3 is 2.19 bits per heavy atom. The van der Waals surface area contributed by atoms with E-state index in [4.69, 9.17) is 0 Å². The van der Waals surface area contributed by atoms with E-state index in [1.165, 1.54) is 29.6 Å². The van der Waals surface area contributed by atoms with E-state index in [0.717, 1.165) is 23.6 Å². The number of thioether (sulfide) groups is 2. The maximum absolute atomic E-state index is 13.1. The third-order valence-electron chi connectivity index (χ3n) is 3.83. The minimum Gasteiger partial charge on any atom is -0.382 e. The molecule has 10 heteroatoms. The summed E-state index contributed by atoms with van der Waals surface area (Å²) in [4.78, 5) is 12.8. The topological polar surface area (TPSA) is 79.2 Å². The zero-order valence-electron chi connectivity index (χ0n) is 14.2. The molecule has 0 atom stereocenters. The average molecular weight is 408 g/mol. The fourth-order valence-corrected chi connectivity index (χ4v) is 4.26. The van der Waals surface area contributed by atoms with E-state index in [2.05, 4.69) is 4.98 Å². The molecule has 0 unspecified atom stereocenters. The van der Waals surface area contributed by atoms with Crippen LogP contribution in [-0.2, 0) is 11.8 Å². The van der Waals surface area contributed by atoms with Crippen molar-refractivity contribution >= 4 is 40.1 Å². The lowest BCUT2D eigenvalue weighted by Crippen LogP contribution is -2.32. The van der Waals surface area contributed by atoms with Gasteiger partial charge in [0, 0.05) is 34.2 Å². The van der Waals surface area contributed by atoms with Crippen molar-refractivity contribution in [3.8, 4) is 0 Å². The van der Waals surface area contributed by atoms with Gasteiger partial charge in [0.25, 0.3) is 5.69 Å². The Bertz CT molecular complexity index is 785. The van der Waals surface area contributed by atoms with Crippen molar-refractivity contribution in [2.75, 3.05) is 23.0 Å². The number of fused-ring (bicyclic) bond motifs is 1. The van der Waals surface area contributed by atoms with Gasteiger partial charge in [-0.15, -0.1) is 0 Å². The highest BCUT2D eigenvalue weighted by Gasteiger charge is 2.39. The van der Waals surface area contributed by atoms with Gasteiger partial charge in [-0.05, 0) is 23.6 Å². The van der Waals surface area contributed by atoms with Gasteiger partial charge in [-0.25, -0.2) is 0 Å². The van der Waals surface area contributed by atoms with Crippen LogP contribution in [0.25, 0.3) is 10.9 Å². The molecule has 0 saturated heterocycles. The number of nitro groups is 1. The molecule has 1 aromatic carbocycles. The maximum atomic E-state index is 13.1. The zero-order chi connectivity index (χ0) is 19.5. The summed E-state index contributed by atoms with van der Waals surface area (Å²) in [6.45, 7) is 3.89. The first-order valence-electron chi connectivity index (χ1n) is 7.89. The number of aliphatic hydroxyl groups is 1. The first kappa shape index (κ1) is 20.9. The Balaban J connectivity index is 2.57. The van der Waals surface area contributed by atoms with Gasteiger partial charge in [-0.3, -0.25) is 10.1 Å². The Labute approximate surface area is 156 Å². The monoisotopic (exact) mass is 408 g/mol. The normalized spacial score (nSPS) is 12.7. The number of aromatic nitrogens is 1. The number of H-pyrrole nitrogens is 1. The molecule has 0 saturated carbocycles. The van der Waals surface area contributed by atoms with Gasteiger partial charge in [0.05, 0.1) is 4.92 Å². The van der Waals surface area contributed by atoms with Crippen LogP contribution >= 0.6 is 23.5 Å². The number of nitrogens with one attached hydrogen (secondary N) is 1. The number of hydrogen-bond acceptors (Lipinski definition) is 5. The Kier molecular flexibility index (Phi) is 6.51. The fraction of sp³-hybridized carbons (Fsp3) is 0.500. The van der Waals surface area contributed by atoms with Gasteiger partial charge in [0.15, 0.2) is 0 Å². The van der Waals surface area contributed by atoms with E-state index in [9.17, 15) is 28.4 Å². The molecule has 1 heterocycles. The van der Waals surface area contributed by atoms with E-state index in [1.807, 2.05) is 13.8 Å². The summed E-state index contributed by atoms with van der Waals surface area (Å²) in [6, 6.07) is 3.13. The Hall–Kier alpha value is -1.39. The maximum Gasteiger partial charge on any atom is 0.423 e. The number of hydrogen-bond donors (Lipinski definition) is 2. The van der Waals surface area contributed by atoms with Crippen LogP contribution in [0.4, 0.5) is 18.9 Å². The van der Waals surface area contributed by atoms with Gasteiger partial charge in [-0.2, -0.15) is 36.7 Å². The lowest BCUT2D eigenvalue weighted by Gasteiger charge is -2.26. The second-order valence-electron chi connectivity index (χ2n) is 5.70. The van der Waals surface area contributed by atoms with Crippen molar-refractivity contribution in [1.29, 1.82) is 0 Å². The number of benzene rings is 1. The molecule has 2 aromatic rings. The van der Waals surface area contributed by atoms with E-state index in [-0.39, 0.29) is 10.9 Å². The second-order valence-corrected chi connectivity index (χ2v) is 8.25. The van der Waals surface area contributed by atoms with Gasteiger partial charge in [0.2, 0.25) is 0 Å². The highest BCUT2D eigenvalue weighted by molar-refractivity contribution is 8.00. The van der Waals surface area contributed by atoms with Gasteiger partial charge < -0.3 is 10.1 Å². The molecule has 0 bridgehead atoms. The number of nitro benzene ring substituents is 1. The molecule has 1 aromatic heterocycles. The van der Waals surface area contributed by atoms with Crippen molar-refractivity contribution in [1.82, 2.24) is 4.98 Å². The molecule has 5 nitrogen and oxygen atoms in total. The Morgan fingerprint density at radius 1 is 1.15 bits per heavy atom. The van der Waals surface area contributed by atoms with Crippen LogP contribution in [-0.4, -0.2) is 38.0 Å². The first-order valence-corrected chi connectivity index (χ1v) is 10.2. The SMILES string of the molecule is CCSCC(O)(CSCC)c1cc2cc([N+](=O)[O-])c(C(F)(F)F)cc2[nH]1. The summed E-state index contributed by atoms with van der Waals surface area (Å²) >= 11 is 3.03. The van der Waals surface area contributed by atoms with Gasteiger partial charge in [0.1, 0.15) is 11.2 Å². The molecule has 0 amide bonds. The van der Waals surface area contributed by atoms with Crippen molar-refractivity contribution < 1.29 is 23.2 Å². The average Bonchev–Trinajstić information content (AvgIpc) is 3.00. The molecule has 0 spiro atoms. The smallest absolute Gasteiger partial charge is 0.382 e. The number of nitrogens with zero attached hydrogens (tertiary/aromatic N) is 1. The van der Waals surface area contributed by atoms with Crippen molar-refractivity contribution in [2.45, 2.75) is 25.6 Å². The van der Waals surface area contributed by atoms with E-state index in [1.54, 1.807) is 0 Å². The summed E-state index contributed by atoms with van der Waals surface area (Å²) in [6.07, 6.45) is -4.84. The predicted molar refractivity (Wildman–Crippen MR) is 99.8 cm³/mol. The molecule has 26 heavy (non-hydrogen) atoms. The second kappa shape index (κ2) is 8.10. The van der Waals surface area contributed by atoms with Gasteiger partial charge in [-0.1, -0.05) is 13.8 Å². The highest BCUT2D eigenvalue weighted by atomic mass is 32.2. The summed E-state index contributed by atoms with van der Waals surface area (Å²) in [7, 11) is 0. The third-order valence-corrected chi connectivity index (χ3v) is 6.01. The fourth-order valence-electron chi connectivity index (χ4n) is 2.54. The highest BCUT2D eigenvalue weighted by Crippen LogP contribution is 2.40. The minimum atomic E-state index is -4.84. The molecular formula is C16H19F3N2O3S2. The van der Waals surface area contributed by atoms with Crippen LogP contribution in [0.1, 0.15) is 25.1 Å². The van der Waals surface area contributed by atoms with Crippen LogP contribution in [0.15, 0.2) is 18.2 Å². The molecule has 0 aliphatic carbocycles. The Morgan fingerprint density at radius 2 is 1.73 bits per heavy atom. The number of rotatable bonds is 8. The molecule has 0 aliphatic heterocycles. The van der Waals surface area contributed by atoms with E-state index in [0.29, 0.717) is 17.2 Å². The summed E-state index contributed by atoms with van der Waals surface area (Å²) in [5, 5.41) is 22.3. The molecule has 2 rings (SSSR count). The van der Waals surface area contributed by atoms with Crippen LogP contribution in [0.5, 0.6) is 0 Å². The first-order chi connectivity index (χ1) is 12.1. The molecule has 0 fully saturated rings. The molecule has 2 N–H and O–H groups in total.